The van der Waals surface area contributed by atoms with Crippen molar-refractivity contribution >= 4 is 54.9 Å². The molecule has 0 aliphatic carbocycles. The second-order valence-electron chi connectivity index (χ2n) is 8.09. The Balaban J connectivity index is 1.63. The minimum Gasteiger partial charge on any atom is -0.493 e. The van der Waals surface area contributed by atoms with Crippen LogP contribution < -0.4 is 15.4 Å². The summed E-state index contributed by atoms with van der Waals surface area (Å²) in [5.41, 5.74) is 0.947. The van der Waals surface area contributed by atoms with Gasteiger partial charge in [0.15, 0.2) is 5.11 Å². The van der Waals surface area contributed by atoms with Crippen LogP contribution in [0.2, 0.25) is 0 Å². The number of halogens is 1. The second kappa shape index (κ2) is 12.6. The number of sulfonamides is 1. The Hall–Kier alpha value is -2.01. The Morgan fingerprint density at radius 3 is 2.41 bits per heavy atom. The number of hydrogen-bond donors (Lipinski definition) is 2. The summed E-state index contributed by atoms with van der Waals surface area (Å²) < 4.78 is 33.9. The maximum Gasteiger partial charge on any atom is 0.261 e. The third-order valence-electron chi connectivity index (χ3n) is 5.48. The first kappa shape index (κ1) is 26.6. The molecular weight excluding hydrogens is 538 g/mol. The van der Waals surface area contributed by atoms with Crippen molar-refractivity contribution in [2.75, 3.05) is 25.0 Å². The average molecular weight is 569 g/mol. The number of rotatable bonds is 8. The zero-order chi connectivity index (χ0) is 24.6. The van der Waals surface area contributed by atoms with Crippen LogP contribution >= 0.6 is 28.1 Å². The minimum absolute atomic E-state index is 0.104. The summed E-state index contributed by atoms with van der Waals surface area (Å²) in [6, 6.07) is 11.6. The number of carbonyl (C=O) groups excluding carboxylic acids is 1. The van der Waals surface area contributed by atoms with Gasteiger partial charge in [0.05, 0.1) is 17.1 Å². The Kier molecular flexibility index (Phi) is 9.87. The average Bonchev–Trinajstić information content (AvgIpc) is 3.11. The number of thiocarbonyl (C=S) groups is 1. The fraction of sp³-hybridized carbons (Fsp3) is 0.417. The monoisotopic (exact) mass is 567 g/mol. The lowest BCUT2D eigenvalue weighted by molar-refractivity contribution is 0.0973. The third kappa shape index (κ3) is 7.24. The number of ether oxygens (including phenoxy) is 1. The molecule has 1 fully saturated rings. The van der Waals surface area contributed by atoms with E-state index in [1.807, 2.05) is 6.07 Å². The van der Waals surface area contributed by atoms with Gasteiger partial charge in [-0.3, -0.25) is 10.1 Å². The number of hydrogen-bond acceptors (Lipinski definition) is 5. The maximum atomic E-state index is 12.9. The molecule has 1 aliphatic heterocycles. The van der Waals surface area contributed by atoms with Crippen LogP contribution in [0.15, 0.2) is 51.8 Å². The molecule has 184 valence electrons. The number of carbonyl (C=O) groups is 1. The minimum atomic E-state index is -3.52. The quantitative estimate of drug-likeness (QED) is 0.331. The number of unbranched alkanes of at least 4 members (excludes halogenated alkanes) is 1. The molecule has 7 nitrogen and oxygen atoms in total. The van der Waals surface area contributed by atoms with E-state index in [9.17, 15) is 13.2 Å². The summed E-state index contributed by atoms with van der Waals surface area (Å²) in [4.78, 5) is 13.1. The number of nitrogens with zero attached hydrogens (tertiary/aromatic N) is 1. The van der Waals surface area contributed by atoms with Crippen LogP contribution in [0.5, 0.6) is 5.75 Å². The molecule has 10 heteroatoms. The van der Waals surface area contributed by atoms with Gasteiger partial charge in [0, 0.05) is 23.2 Å². The highest BCUT2D eigenvalue weighted by molar-refractivity contribution is 9.10. The molecule has 0 atom stereocenters. The summed E-state index contributed by atoms with van der Waals surface area (Å²) in [6.07, 6.45) is 5.77. The molecule has 0 saturated carbocycles. The number of amides is 1. The van der Waals surface area contributed by atoms with Crippen molar-refractivity contribution in [3.05, 3.63) is 52.5 Å². The van der Waals surface area contributed by atoms with Crippen molar-refractivity contribution in [1.29, 1.82) is 0 Å². The van der Waals surface area contributed by atoms with Crippen LogP contribution in [-0.4, -0.2) is 43.4 Å². The first-order valence-electron chi connectivity index (χ1n) is 11.5. The lowest BCUT2D eigenvalue weighted by atomic mass is 10.2. The van der Waals surface area contributed by atoms with Crippen LogP contribution in [0.1, 0.15) is 55.8 Å². The lowest BCUT2D eigenvalue weighted by Gasteiger charge is -2.20. The second-order valence-corrected chi connectivity index (χ2v) is 11.4. The molecule has 0 bridgehead atoms. The van der Waals surface area contributed by atoms with E-state index in [4.69, 9.17) is 17.0 Å². The van der Waals surface area contributed by atoms with E-state index < -0.39 is 15.9 Å². The van der Waals surface area contributed by atoms with Gasteiger partial charge in [0.25, 0.3) is 5.91 Å². The van der Waals surface area contributed by atoms with Crippen molar-refractivity contribution < 1.29 is 17.9 Å². The molecule has 1 saturated heterocycles. The summed E-state index contributed by atoms with van der Waals surface area (Å²) in [5, 5.41) is 5.70. The zero-order valence-corrected chi connectivity index (χ0v) is 22.4. The van der Waals surface area contributed by atoms with Gasteiger partial charge in [0.2, 0.25) is 10.0 Å². The molecule has 0 unspecified atom stereocenters. The molecule has 2 aromatic rings. The van der Waals surface area contributed by atoms with Gasteiger partial charge in [-0.15, -0.1) is 0 Å². The van der Waals surface area contributed by atoms with E-state index in [2.05, 4.69) is 33.5 Å². The van der Waals surface area contributed by atoms with Gasteiger partial charge in [0.1, 0.15) is 5.75 Å². The highest BCUT2D eigenvalue weighted by Gasteiger charge is 2.25. The Labute approximate surface area is 215 Å². The maximum absolute atomic E-state index is 12.9. The highest BCUT2D eigenvalue weighted by atomic mass is 79.9. The van der Waals surface area contributed by atoms with Gasteiger partial charge in [-0.25, -0.2) is 8.42 Å². The molecule has 0 aromatic heterocycles. The summed E-state index contributed by atoms with van der Waals surface area (Å²) >= 11 is 8.68. The number of benzene rings is 2. The normalized spacial score (nSPS) is 14.8. The van der Waals surface area contributed by atoms with Crippen LogP contribution in [0.4, 0.5) is 5.69 Å². The molecule has 0 spiro atoms. The molecular formula is C24H30BrN3O4S2. The molecule has 0 radical (unpaired) electrons. The van der Waals surface area contributed by atoms with Gasteiger partial charge in [-0.1, -0.05) is 42.1 Å². The Morgan fingerprint density at radius 1 is 1.09 bits per heavy atom. The smallest absolute Gasteiger partial charge is 0.261 e. The molecule has 34 heavy (non-hydrogen) atoms. The fourth-order valence-corrected chi connectivity index (χ4v) is 5.69. The summed E-state index contributed by atoms with van der Waals surface area (Å²) in [5.74, 6) is 0.0886. The predicted molar refractivity (Wildman–Crippen MR) is 142 cm³/mol. The van der Waals surface area contributed by atoms with E-state index in [0.717, 1.165) is 43.0 Å². The topological polar surface area (TPSA) is 87.7 Å². The van der Waals surface area contributed by atoms with E-state index >= 15 is 0 Å². The fourth-order valence-electron chi connectivity index (χ4n) is 3.61. The van der Waals surface area contributed by atoms with Crippen LogP contribution in [0.3, 0.4) is 0 Å². The largest absolute Gasteiger partial charge is 0.493 e. The first-order chi connectivity index (χ1) is 16.3. The van der Waals surface area contributed by atoms with Crippen LogP contribution in [0.25, 0.3) is 0 Å². The van der Waals surface area contributed by atoms with Crippen molar-refractivity contribution in [3.8, 4) is 5.75 Å². The molecule has 2 aromatic carbocycles. The molecule has 1 heterocycles. The highest BCUT2D eigenvalue weighted by Crippen LogP contribution is 2.24. The molecule has 3 rings (SSSR count). The van der Waals surface area contributed by atoms with E-state index in [1.165, 1.54) is 0 Å². The van der Waals surface area contributed by atoms with Crippen LogP contribution in [0, 0.1) is 0 Å². The van der Waals surface area contributed by atoms with Crippen molar-refractivity contribution in [2.24, 2.45) is 0 Å². The summed E-state index contributed by atoms with van der Waals surface area (Å²) in [7, 11) is -3.52. The lowest BCUT2D eigenvalue weighted by Crippen LogP contribution is -2.34. The van der Waals surface area contributed by atoms with Gasteiger partial charge < -0.3 is 10.1 Å². The van der Waals surface area contributed by atoms with Gasteiger partial charge in [-0.05, 0) is 73.9 Å². The number of nitrogens with one attached hydrogen (secondary N) is 2. The first-order valence-corrected chi connectivity index (χ1v) is 14.1. The molecule has 1 amide bonds. The van der Waals surface area contributed by atoms with E-state index in [-0.39, 0.29) is 10.0 Å². The standard InChI is InChI=1S/C24H30BrN3O4S2/c1-2-3-16-32-22-13-8-18(25)17-21(22)23(29)27-24(33)26-19-9-11-20(12-10-19)34(30,31)28-14-6-4-5-7-15-28/h8-13,17H,2-7,14-16H2,1H3,(H2,26,27,29,33). The SMILES string of the molecule is CCCCOc1ccc(Br)cc1C(=O)NC(=S)Nc1ccc(S(=O)(=O)N2CCCCCC2)cc1. The molecule has 2 N–H and O–H groups in total. The van der Waals surface area contributed by atoms with Gasteiger partial charge >= 0.3 is 0 Å². The Bertz CT molecular complexity index is 1100. The van der Waals surface area contributed by atoms with Crippen molar-refractivity contribution in [3.63, 3.8) is 0 Å². The van der Waals surface area contributed by atoms with Crippen molar-refractivity contribution in [2.45, 2.75) is 50.3 Å². The van der Waals surface area contributed by atoms with Gasteiger partial charge in [-0.2, -0.15) is 4.31 Å². The zero-order valence-electron chi connectivity index (χ0n) is 19.2. The van der Waals surface area contributed by atoms with E-state index in [0.29, 0.717) is 36.7 Å². The number of anilines is 1. The van der Waals surface area contributed by atoms with Crippen molar-refractivity contribution in [1.82, 2.24) is 9.62 Å². The van der Waals surface area contributed by atoms with E-state index in [1.54, 1.807) is 40.7 Å². The molecule has 1 aliphatic rings. The third-order valence-corrected chi connectivity index (χ3v) is 8.09. The van der Waals surface area contributed by atoms with Crippen LogP contribution in [-0.2, 0) is 10.0 Å². The predicted octanol–water partition coefficient (Wildman–Crippen LogP) is 5.32. The summed E-state index contributed by atoms with van der Waals surface area (Å²) in [6.45, 7) is 3.70. The Morgan fingerprint density at radius 2 is 1.76 bits per heavy atom.